The Labute approximate surface area is 110 Å². The molecule has 1 fully saturated rings. The zero-order valence-corrected chi connectivity index (χ0v) is 12.0. The molecule has 0 aliphatic carbocycles. The van der Waals surface area contributed by atoms with E-state index >= 15 is 0 Å². The van der Waals surface area contributed by atoms with Crippen LogP contribution in [-0.2, 0) is 6.42 Å². The van der Waals surface area contributed by atoms with Crippen LogP contribution in [0, 0.1) is 6.92 Å². The highest BCUT2D eigenvalue weighted by atomic mass is 15.2. The molecule has 0 amide bonds. The molecule has 18 heavy (non-hydrogen) atoms. The van der Waals surface area contributed by atoms with E-state index in [-0.39, 0.29) is 0 Å². The first kappa shape index (κ1) is 13.3. The third-order valence-corrected chi connectivity index (χ3v) is 3.51. The van der Waals surface area contributed by atoms with Gasteiger partial charge in [0.25, 0.3) is 0 Å². The van der Waals surface area contributed by atoms with Gasteiger partial charge in [0, 0.05) is 43.4 Å². The van der Waals surface area contributed by atoms with Gasteiger partial charge in [-0.1, -0.05) is 20.8 Å². The Hall–Kier alpha value is -1.16. The number of anilines is 1. The highest BCUT2D eigenvalue weighted by Gasteiger charge is 2.18. The van der Waals surface area contributed by atoms with E-state index in [1.54, 1.807) is 0 Å². The predicted molar refractivity (Wildman–Crippen MR) is 75.3 cm³/mol. The van der Waals surface area contributed by atoms with E-state index in [0.717, 1.165) is 44.2 Å². The van der Waals surface area contributed by atoms with E-state index in [1.165, 1.54) is 11.3 Å². The van der Waals surface area contributed by atoms with Crippen LogP contribution >= 0.6 is 0 Å². The zero-order valence-electron chi connectivity index (χ0n) is 12.0. The second-order valence-electron chi connectivity index (χ2n) is 5.22. The van der Waals surface area contributed by atoms with Gasteiger partial charge in [-0.3, -0.25) is 0 Å². The topological polar surface area (TPSA) is 41.1 Å². The van der Waals surface area contributed by atoms with Gasteiger partial charge in [0.05, 0.1) is 0 Å². The summed E-state index contributed by atoms with van der Waals surface area (Å²) in [5.41, 5.74) is 2.45. The number of nitrogens with zero attached hydrogens (tertiary/aromatic N) is 3. The number of aromatic nitrogens is 2. The molecule has 4 heteroatoms. The summed E-state index contributed by atoms with van der Waals surface area (Å²) >= 11 is 0. The maximum atomic E-state index is 4.79. The molecule has 0 saturated carbocycles. The van der Waals surface area contributed by atoms with Gasteiger partial charge in [-0.05, 0) is 13.3 Å². The summed E-state index contributed by atoms with van der Waals surface area (Å²) in [4.78, 5) is 11.9. The Kier molecular flexibility index (Phi) is 4.17. The summed E-state index contributed by atoms with van der Waals surface area (Å²) in [6.07, 6.45) is 0.979. The molecule has 1 aliphatic rings. The van der Waals surface area contributed by atoms with Crippen LogP contribution in [0.5, 0.6) is 0 Å². The van der Waals surface area contributed by atoms with E-state index in [4.69, 9.17) is 9.97 Å². The number of hydrogen-bond acceptors (Lipinski definition) is 4. The van der Waals surface area contributed by atoms with E-state index < -0.39 is 0 Å². The first-order valence-electron chi connectivity index (χ1n) is 6.96. The molecule has 0 bridgehead atoms. The van der Waals surface area contributed by atoms with Crippen molar-refractivity contribution >= 4 is 5.82 Å². The van der Waals surface area contributed by atoms with Gasteiger partial charge in [-0.15, -0.1) is 0 Å². The molecule has 0 atom stereocenters. The third kappa shape index (κ3) is 2.64. The monoisotopic (exact) mass is 248 g/mol. The smallest absolute Gasteiger partial charge is 0.135 e. The van der Waals surface area contributed by atoms with Crippen LogP contribution in [0.25, 0.3) is 0 Å². The maximum absolute atomic E-state index is 4.79. The zero-order chi connectivity index (χ0) is 13.1. The molecule has 100 valence electrons. The molecule has 0 spiro atoms. The lowest BCUT2D eigenvalue weighted by atomic mass is 10.1. The van der Waals surface area contributed by atoms with Crippen LogP contribution in [0.1, 0.15) is 43.8 Å². The lowest BCUT2D eigenvalue weighted by Crippen LogP contribution is -2.44. The van der Waals surface area contributed by atoms with Gasteiger partial charge in [0.15, 0.2) is 0 Å². The molecule has 1 N–H and O–H groups in total. The molecule has 2 rings (SSSR count). The third-order valence-electron chi connectivity index (χ3n) is 3.51. The molecule has 0 aromatic carbocycles. The van der Waals surface area contributed by atoms with Gasteiger partial charge in [-0.25, -0.2) is 9.97 Å². The summed E-state index contributed by atoms with van der Waals surface area (Å²) in [6, 6.07) is 0. The van der Waals surface area contributed by atoms with Crippen molar-refractivity contribution in [3.05, 3.63) is 17.1 Å². The number of nitrogens with one attached hydrogen (secondary N) is 1. The van der Waals surface area contributed by atoms with E-state index in [0.29, 0.717) is 5.92 Å². The van der Waals surface area contributed by atoms with Gasteiger partial charge in [0.1, 0.15) is 11.6 Å². The van der Waals surface area contributed by atoms with Crippen molar-refractivity contribution in [1.29, 1.82) is 0 Å². The molecular weight excluding hydrogens is 224 g/mol. The average Bonchev–Trinajstić information content (AvgIpc) is 2.39. The standard InChI is InChI=1S/C14H24N4/c1-5-12-11(4)14(17-13(16-12)10(2)3)18-8-6-15-7-9-18/h10,15H,5-9H2,1-4H3. The molecule has 1 aromatic rings. The molecule has 1 aliphatic heterocycles. The molecular formula is C14H24N4. The van der Waals surface area contributed by atoms with Gasteiger partial charge < -0.3 is 10.2 Å². The molecule has 1 aromatic heterocycles. The number of hydrogen-bond donors (Lipinski definition) is 1. The Morgan fingerprint density at radius 1 is 1.22 bits per heavy atom. The second-order valence-corrected chi connectivity index (χ2v) is 5.22. The van der Waals surface area contributed by atoms with Crippen LogP contribution in [0.4, 0.5) is 5.82 Å². The lowest BCUT2D eigenvalue weighted by molar-refractivity contribution is 0.580. The first-order valence-corrected chi connectivity index (χ1v) is 6.96. The van der Waals surface area contributed by atoms with E-state index in [1.807, 2.05) is 0 Å². The molecule has 4 nitrogen and oxygen atoms in total. The Morgan fingerprint density at radius 2 is 1.89 bits per heavy atom. The van der Waals surface area contributed by atoms with Gasteiger partial charge >= 0.3 is 0 Å². The molecule has 0 unspecified atom stereocenters. The summed E-state index contributed by atoms with van der Waals surface area (Å²) in [6.45, 7) is 12.8. The fourth-order valence-electron chi connectivity index (χ4n) is 2.36. The fourth-order valence-corrected chi connectivity index (χ4v) is 2.36. The van der Waals surface area contributed by atoms with Crippen molar-refractivity contribution in [1.82, 2.24) is 15.3 Å². The fraction of sp³-hybridized carbons (Fsp3) is 0.714. The van der Waals surface area contributed by atoms with Gasteiger partial charge in [0.2, 0.25) is 0 Å². The second kappa shape index (κ2) is 5.65. The summed E-state index contributed by atoms with van der Waals surface area (Å²) < 4.78 is 0. The van der Waals surface area contributed by atoms with Crippen molar-refractivity contribution < 1.29 is 0 Å². The highest BCUT2D eigenvalue weighted by Crippen LogP contribution is 2.23. The summed E-state index contributed by atoms with van der Waals surface area (Å²) in [5.74, 6) is 2.51. The van der Waals surface area contributed by atoms with Crippen molar-refractivity contribution in [2.75, 3.05) is 31.1 Å². The minimum absolute atomic E-state index is 0.387. The average molecular weight is 248 g/mol. The predicted octanol–water partition coefficient (Wildman–Crippen LogP) is 1.88. The van der Waals surface area contributed by atoms with Crippen LogP contribution in [0.15, 0.2) is 0 Å². The normalized spacial score (nSPS) is 16.4. The lowest BCUT2D eigenvalue weighted by Gasteiger charge is -2.30. The summed E-state index contributed by atoms with van der Waals surface area (Å²) in [7, 11) is 0. The Balaban J connectivity index is 2.40. The van der Waals surface area contributed by atoms with E-state index in [2.05, 4.69) is 37.9 Å². The van der Waals surface area contributed by atoms with Crippen molar-refractivity contribution in [3.63, 3.8) is 0 Å². The number of rotatable bonds is 3. The number of aryl methyl sites for hydroxylation is 1. The van der Waals surface area contributed by atoms with Crippen molar-refractivity contribution in [2.45, 2.75) is 40.0 Å². The largest absolute Gasteiger partial charge is 0.354 e. The molecule has 0 radical (unpaired) electrons. The quantitative estimate of drug-likeness (QED) is 0.887. The molecule has 2 heterocycles. The number of piperazine rings is 1. The first-order chi connectivity index (χ1) is 8.63. The Bertz CT molecular complexity index is 409. The summed E-state index contributed by atoms with van der Waals surface area (Å²) in [5, 5.41) is 3.38. The van der Waals surface area contributed by atoms with E-state index in [9.17, 15) is 0 Å². The minimum Gasteiger partial charge on any atom is -0.354 e. The van der Waals surface area contributed by atoms with Crippen molar-refractivity contribution in [3.8, 4) is 0 Å². The van der Waals surface area contributed by atoms with Crippen LogP contribution < -0.4 is 10.2 Å². The Morgan fingerprint density at radius 3 is 2.44 bits per heavy atom. The maximum Gasteiger partial charge on any atom is 0.135 e. The highest BCUT2D eigenvalue weighted by molar-refractivity contribution is 5.49. The van der Waals surface area contributed by atoms with Crippen LogP contribution in [0.3, 0.4) is 0 Å². The van der Waals surface area contributed by atoms with Crippen LogP contribution in [0.2, 0.25) is 0 Å². The minimum atomic E-state index is 0.387. The van der Waals surface area contributed by atoms with Crippen molar-refractivity contribution in [2.24, 2.45) is 0 Å². The SMILES string of the molecule is CCc1nc(C(C)C)nc(N2CCNCC2)c1C. The van der Waals surface area contributed by atoms with Crippen LogP contribution in [-0.4, -0.2) is 36.1 Å². The molecule has 1 saturated heterocycles. The van der Waals surface area contributed by atoms with Gasteiger partial charge in [-0.2, -0.15) is 0 Å².